The number of hydrogen-bond acceptors (Lipinski definition) is 9. The van der Waals surface area contributed by atoms with Crippen LogP contribution in [0.4, 0.5) is 16.3 Å². The van der Waals surface area contributed by atoms with E-state index in [0.29, 0.717) is 34.0 Å². The van der Waals surface area contributed by atoms with Gasteiger partial charge in [-0.15, -0.1) is 0 Å². The maximum atomic E-state index is 13.0. The summed E-state index contributed by atoms with van der Waals surface area (Å²) in [6.07, 6.45) is 5.13. The lowest BCUT2D eigenvalue weighted by Crippen LogP contribution is -2.20. The highest BCUT2D eigenvalue weighted by Crippen LogP contribution is 2.32. The van der Waals surface area contributed by atoms with E-state index in [0.717, 1.165) is 16.6 Å². The zero-order chi connectivity index (χ0) is 25.5. The Labute approximate surface area is 204 Å². The molecule has 0 atom stereocenters. The van der Waals surface area contributed by atoms with Crippen molar-refractivity contribution in [2.45, 2.75) is 20.0 Å². The van der Waals surface area contributed by atoms with E-state index in [2.05, 4.69) is 20.9 Å². The van der Waals surface area contributed by atoms with Crippen LogP contribution in [-0.2, 0) is 4.74 Å². The lowest BCUT2D eigenvalue weighted by atomic mass is 10.1. The molecule has 3 aromatic rings. The van der Waals surface area contributed by atoms with Crippen LogP contribution in [0.5, 0.6) is 5.75 Å². The van der Waals surface area contributed by atoms with E-state index in [1.54, 1.807) is 59.6 Å². The second-order valence-electron chi connectivity index (χ2n) is 7.83. The van der Waals surface area contributed by atoms with Crippen LogP contribution in [0.3, 0.4) is 0 Å². The molecule has 0 bridgehead atoms. The molecule has 35 heavy (non-hydrogen) atoms. The fourth-order valence-corrected chi connectivity index (χ4v) is 3.60. The third kappa shape index (κ3) is 5.37. The fourth-order valence-electron chi connectivity index (χ4n) is 3.60. The molecular weight excluding hydrogens is 446 g/mol. The van der Waals surface area contributed by atoms with Crippen LogP contribution >= 0.6 is 0 Å². The number of hydrogen-bond donors (Lipinski definition) is 5. The molecule has 0 aliphatic heterocycles. The number of nitrogens with one attached hydrogen (secondary N) is 4. The van der Waals surface area contributed by atoms with Gasteiger partial charge < -0.3 is 36.6 Å². The van der Waals surface area contributed by atoms with Gasteiger partial charge in [0.05, 0.1) is 35.8 Å². The third-order valence-electron chi connectivity index (χ3n) is 5.17. The van der Waals surface area contributed by atoms with Crippen molar-refractivity contribution in [3.8, 4) is 5.75 Å². The predicted octanol–water partition coefficient (Wildman–Crippen LogP) is 3.87. The van der Waals surface area contributed by atoms with E-state index in [1.165, 1.54) is 17.0 Å². The van der Waals surface area contributed by atoms with Gasteiger partial charge in [-0.05, 0) is 32.0 Å². The maximum absolute atomic E-state index is 13.0. The molecule has 6 N–H and O–H groups in total. The van der Waals surface area contributed by atoms with E-state index >= 15 is 0 Å². The Morgan fingerprint density at radius 3 is 2.60 bits per heavy atom. The van der Waals surface area contributed by atoms with Gasteiger partial charge in [-0.2, -0.15) is 0 Å². The number of anilines is 2. The van der Waals surface area contributed by atoms with Gasteiger partial charge in [0.15, 0.2) is 0 Å². The van der Waals surface area contributed by atoms with Gasteiger partial charge >= 0.3 is 6.09 Å². The molecule has 10 nitrogen and oxygen atoms in total. The molecule has 0 radical (unpaired) electrons. The molecule has 0 aliphatic rings. The van der Waals surface area contributed by atoms with Crippen LogP contribution < -0.4 is 26.4 Å². The molecule has 184 valence electrons. The molecule has 1 aromatic carbocycles. The average molecular weight is 478 g/mol. The molecule has 0 saturated heterocycles. The highest BCUT2D eigenvalue weighted by Gasteiger charge is 2.20. The molecule has 0 aliphatic carbocycles. The molecule has 0 unspecified atom stereocenters. The molecule has 0 spiro atoms. The van der Waals surface area contributed by atoms with Crippen LogP contribution in [0.15, 0.2) is 48.9 Å². The quantitative estimate of drug-likeness (QED) is 0.293. The van der Waals surface area contributed by atoms with Crippen molar-refractivity contribution >= 4 is 46.0 Å². The number of carbonyl (C=O) groups excluding carboxylic acids is 1. The van der Waals surface area contributed by atoms with E-state index in [9.17, 15) is 4.79 Å². The largest absolute Gasteiger partial charge is 0.495 e. The minimum absolute atomic E-state index is 0.309. The highest BCUT2D eigenvalue weighted by molar-refractivity contribution is 6.11. The van der Waals surface area contributed by atoms with Crippen molar-refractivity contribution in [2.75, 3.05) is 26.5 Å². The van der Waals surface area contributed by atoms with Gasteiger partial charge in [-0.3, -0.25) is 0 Å². The van der Waals surface area contributed by atoms with Crippen molar-refractivity contribution in [3.63, 3.8) is 0 Å². The zero-order valence-electron chi connectivity index (χ0n) is 20.5. The number of aromatic nitrogens is 2. The summed E-state index contributed by atoms with van der Waals surface area (Å²) >= 11 is 0. The van der Waals surface area contributed by atoms with Gasteiger partial charge in [0.2, 0.25) is 0 Å². The smallest absolute Gasteiger partial charge is 0.419 e. The number of rotatable bonds is 9. The number of nitrogens with zero attached hydrogens (tertiary/aromatic N) is 2. The normalized spacial score (nSPS) is 11.9. The fraction of sp³-hybridized carbons (Fsp3) is 0.240. The molecule has 0 fully saturated rings. The van der Waals surface area contributed by atoms with Crippen molar-refractivity contribution in [3.05, 3.63) is 60.2 Å². The first kappa shape index (κ1) is 25.2. The molecular formula is C25H31N7O3. The number of methoxy groups -OCH3 is 1. The monoisotopic (exact) mass is 477 g/mol. The van der Waals surface area contributed by atoms with Crippen LogP contribution in [-0.4, -0.2) is 49.2 Å². The Kier molecular flexibility index (Phi) is 7.98. The summed E-state index contributed by atoms with van der Waals surface area (Å²) in [5.74, 6) is 1.10. The first-order valence-corrected chi connectivity index (χ1v) is 11.0. The summed E-state index contributed by atoms with van der Waals surface area (Å²) < 4.78 is 12.5. The molecule has 10 heteroatoms. The van der Waals surface area contributed by atoms with Crippen molar-refractivity contribution in [2.24, 2.45) is 5.73 Å². The standard InChI is InChI=1S/C25H31N7O3/c1-15(2)35-25(33)32-21(18(11-26)13-28-3)8-17-14-30-24(10-22(17)32)31-19-7-6-16(9-23(19)34-5)20(12-27)29-4/h6-15,26,28-29H,27H2,1-5H3,(H,30,31)/b18-13+,20-12-,26-11?. The maximum Gasteiger partial charge on any atom is 0.419 e. The average Bonchev–Trinajstić information content (AvgIpc) is 3.22. The van der Waals surface area contributed by atoms with Gasteiger partial charge in [0.25, 0.3) is 0 Å². The number of benzene rings is 1. The number of nitrogens with two attached hydrogens (primary N) is 1. The first-order valence-electron chi connectivity index (χ1n) is 11.0. The van der Waals surface area contributed by atoms with Gasteiger partial charge in [-0.25, -0.2) is 14.3 Å². The Balaban J connectivity index is 2.09. The lowest BCUT2D eigenvalue weighted by molar-refractivity contribution is 0.118. The summed E-state index contributed by atoms with van der Waals surface area (Å²) in [7, 11) is 5.10. The van der Waals surface area contributed by atoms with E-state index < -0.39 is 6.09 Å². The van der Waals surface area contributed by atoms with Crippen LogP contribution in [0.25, 0.3) is 22.2 Å². The number of ether oxygens (including phenoxy) is 2. The van der Waals surface area contributed by atoms with Crippen LogP contribution in [0, 0.1) is 5.41 Å². The molecule has 0 saturated carbocycles. The SMILES string of the molecule is CN/C=C(\C=N)c1cc2cnc(Nc3ccc(/C(=C/N)NC)cc3OC)cc2n1C(=O)OC(C)C. The van der Waals surface area contributed by atoms with Gasteiger partial charge in [0, 0.05) is 61.5 Å². The summed E-state index contributed by atoms with van der Waals surface area (Å²) in [6.45, 7) is 3.57. The van der Waals surface area contributed by atoms with Crippen LogP contribution in [0.2, 0.25) is 0 Å². The van der Waals surface area contributed by atoms with E-state index in [1.807, 2.05) is 18.2 Å². The summed E-state index contributed by atoms with van der Waals surface area (Å²) in [5.41, 5.74) is 9.63. The van der Waals surface area contributed by atoms with Crippen molar-refractivity contribution in [1.82, 2.24) is 20.2 Å². The Bertz CT molecular complexity index is 1290. The van der Waals surface area contributed by atoms with E-state index in [4.69, 9.17) is 20.6 Å². The number of carbonyl (C=O) groups is 1. The molecule has 2 aromatic heterocycles. The predicted molar refractivity (Wildman–Crippen MR) is 140 cm³/mol. The van der Waals surface area contributed by atoms with Gasteiger partial charge in [-0.1, -0.05) is 6.07 Å². The highest BCUT2D eigenvalue weighted by atomic mass is 16.6. The summed E-state index contributed by atoms with van der Waals surface area (Å²) in [5, 5.41) is 17.7. The van der Waals surface area contributed by atoms with Crippen molar-refractivity contribution in [1.29, 1.82) is 5.41 Å². The Hall–Kier alpha value is -4.47. The number of pyridine rings is 1. The van der Waals surface area contributed by atoms with Gasteiger partial charge in [0.1, 0.15) is 11.6 Å². The molecule has 2 heterocycles. The minimum Gasteiger partial charge on any atom is -0.495 e. The Morgan fingerprint density at radius 2 is 2.00 bits per heavy atom. The molecule has 0 amide bonds. The number of allylic oxidation sites excluding steroid dienone is 1. The molecule has 3 rings (SSSR count). The lowest BCUT2D eigenvalue weighted by Gasteiger charge is -2.15. The van der Waals surface area contributed by atoms with Crippen LogP contribution in [0.1, 0.15) is 25.1 Å². The zero-order valence-corrected chi connectivity index (χ0v) is 20.5. The third-order valence-corrected chi connectivity index (χ3v) is 5.17. The summed E-state index contributed by atoms with van der Waals surface area (Å²) in [6, 6.07) is 9.18. The second kappa shape index (κ2) is 11.1. The second-order valence-corrected chi connectivity index (χ2v) is 7.83. The summed E-state index contributed by atoms with van der Waals surface area (Å²) in [4.78, 5) is 17.5. The first-order chi connectivity index (χ1) is 16.9. The van der Waals surface area contributed by atoms with Crippen molar-refractivity contribution < 1.29 is 14.3 Å². The topological polar surface area (TPSA) is 139 Å². The van der Waals surface area contributed by atoms with E-state index in [-0.39, 0.29) is 6.10 Å². The number of fused-ring (bicyclic) bond motifs is 1. The Morgan fingerprint density at radius 1 is 1.23 bits per heavy atom. The minimum atomic E-state index is -0.541.